The number of carbonyl (C=O) groups is 1. The molecule has 0 radical (unpaired) electrons. The van der Waals surface area contributed by atoms with Crippen LogP contribution in [0.25, 0.3) is 0 Å². The van der Waals surface area contributed by atoms with Crippen LogP contribution in [-0.2, 0) is 0 Å². The van der Waals surface area contributed by atoms with E-state index in [2.05, 4.69) is 15.6 Å². The van der Waals surface area contributed by atoms with Crippen LogP contribution in [0.3, 0.4) is 0 Å². The lowest BCUT2D eigenvalue weighted by molar-refractivity contribution is 0.0890. The number of carbonyl (C=O) groups excluding carboxylic acids is 1. The molecule has 0 saturated carbocycles. The minimum absolute atomic E-state index is 0.115. The van der Waals surface area contributed by atoms with E-state index in [1.54, 1.807) is 6.20 Å². The summed E-state index contributed by atoms with van der Waals surface area (Å²) < 4.78 is 5.56. The van der Waals surface area contributed by atoms with Gasteiger partial charge in [0.05, 0.1) is 6.20 Å². The molecular weight excluding hydrogens is 334 g/mol. The zero-order valence-corrected chi connectivity index (χ0v) is 13.9. The molecule has 2 bridgehead atoms. The largest absolute Gasteiger partial charge is 0.425 e. The van der Waals surface area contributed by atoms with Crippen LogP contribution in [0.1, 0.15) is 29.9 Å². The Hall–Kier alpha value is -1.50. The molecule has 3 heterocycles. The Balaban J connectivity index is 1.39. The molecule has 2 aromatic rings. The number of aromatic nitrogens is 1. The average Bonchev–Trinajstić information content (AvgIpc) is 3.26. The number of amides is 1. The van der Waals surface area contributed by atoms with Crippen molar-refractivity contribution in [2.75, 3.05) is 0 Å². The van der Waals surface area contributed by atoms with Crippen molar-refractivity contribution in [3.8, 4) is 0 Å². The highest BCUT2D eigenvalue weighted by Gasteiger charge is 2.40. The summed E-state index contributed by atoms with van der Waals surface area (Å²) in [5.74, 6) is -0.128. The van der Waals surface area contributed by atoms with E-state index in [9.17, 15) is 4.79 Å². The first-order chi connectivity index (χ1) is 11.2. The molecule has 1 aromatic carbocycles. The SMILES string of the molecule is O=C(NC1CC2CCC1N2)c1ncc(Sc2ccc(Cl)cc2)o1. The second kappa shape index (κ2) is 6.19. The molecule has 0 aliphatic carbocycles. The predicted octanol–water partition coefficient (Wildman–Crippen LogP) is 3.10. The summed E-state index contributed by atoms with van der Waals surface area (Å²) in [6, 6.07) is 8.55. The van der Waals surface area contributed by atoms with E-state index < -0.39 is 0 Å². The number of nitrogens with zero attached hydrogens (tertiary/aromatic N) is 1. The molecule has 5 nitrogen and oxygen atoms in total. The molecule has 0 spiro atoms. The van der Waals surface area contributed by atoms with E-state index in [0.29, 0.717) is 22.2 Å². The first-order valence-corrected chi connectivity index (χ1v) is 8.83. The van der Waals surface area contributed by atoms with Gasteiger partial charge in [-0.3, -0.25) is 4.79 Å². The van der Waals surface area contributed by atoms with Gasteiger partial charge in [-0.2, -0.15) is 0 Å². The third-order valence-electron chi connectivity index (χ3n) is 4.33. The summed E-state index contributed by atoms with van der Waals surface area (Å²) in [5, 5.41) is 7.80. The van der Waals surface area contributed by atoms with E-state index in [0.717, 1.165) is 17.7 Å². The van der Waals surface area contributed by atoms with Crippen LogP contribution in [0.5, 0.6) is 0 Å². The maximum Gasteiger partial charge on any atom is 0.307 e. The van der Waals surface area contributed by atoms with Gasteiger partial charge in [-0.05, 0) is 43.5 Å². The van der Waals surface area contributed by atoms with Crippen molar-refractivity contribution in [3.63, 3.8) is 0 Å². The highest BCUT2D eigenvalue weighted by Crippen LogP contribution is 2.30. The number of rotatable bonds is 4. The van der Waals surface area contributed by atoms with Crippen molar-refractivity contribution in [3.05, 3.63) is 41.4 Å². The van der Waals surface area contributed by atoms with E-state index in [1.807, 2.05) is 24.3 Å². The maximum absolute atomic E-state index is 12.3. The van der Waals surface area contributed by atoms with Crippen LogP contribution in [0.2, 0.25) is 5.02 Å². The molecule has 2 N–H and O–H groups in total. The summed E-state index contributed by atoms with van der Waals surface area (Å²) in [6.45, 7) is 0. The van der Waals surface area contributed by atoms with Crippen molar-refractivity contribution in [2.45, 2.75) is 47.4 Å². The third kappa shape index (κ3) is 3.24. The van der Waals surface area contributed by atoms with Crippen LogP contribution >= 0.6 is 23.4 Å². The number of hydrogen-bond donors (Lipinski definition) is 2. The van der Waals surface area contributed by atoms with Gasteiger partial charge in [-0.25, -0.2) is 4.98 Å². The van der Waals surface area contributed by atoms with Gasteiger partial charge in [0, 0.05) is 28.0 Å². The summed E-state index contributed by atoms with van der Waals surface area (Å²) in [7, 11) is 0. The smallest absolute Gasteiger partial charge is 0.307 e. The van der Waals surface area contributed by atoms with Crippen LogP contribution in [0, 0.1) is 0 Å². The summed E-state index contributed by atoms with van der Waals surface area (Å²) in [6.07, 6.45) is 4.90. The quantitative estimate of drug-likeness (QED) is 0.887. The Morgan fingerprint density at radius 1 is 1.35 bits per heavy atom. The van der Waals surface area contributed by atoms with Gasteiger partial charge in [0.2, 0.25) is 0 Å². The lowest BCUT2D eigenvalue weighted by Gasteiger charge is -2.20. The molecule has 2 saturated heterocycles. The van der Waals surface area contributed by atoms with Crippen LogP contribution < -0.4 is 10.6 Å². The topological polar surface area (TPSA) is 67.2 Å². The lowest BCUT2D eigenvalue weighted by Crippen LogP contribution is -2.43. The Labute approximate surface area is 143 Å². The predicted molar refractivity (Wildman–Crippen MR) is 87.9 cm³/mol. The van der Waals surface area contributed by atoms with Crippen molar-refractivity contribution in [1.29, 1.82) is 0 Å². The van der Waals surface area contributed by atoms with Gasteiger partial charge in [0.1, 0.15) is 0 Å². The molecule has 120 valence electrons. The highest BCUT2D eigenvalue weighted by molar-refractivity contribution is 7.99. The average molecular weight is 350 g/mol. The van der Waals surface area contributed by atoms with Crippen molar-refractivity contribution >= 4 is 29.3 Å². The van der Waals surface area contributed by atoms with Crippen LogP contribution in [-0.4, -0.2) is 29.0 Å². The summed E-state index contributed by atoms with van der Waals surface area (Å²) in [4.78, 5) is 17.3. The number of oxazole rings is 1. The minimum Gasteiger partial charge on any atom is -0.425 e. The van der Waals surface area contributed by atoms with Gasteiger partial charge in [0.15, 0.2) is 5.09 Å². The van der Waals surface area contributed by atoms with Gasteiger partial charge in [-0.15, -0.1) is 0 Å². The Morgan fingerprint density at radius 3 is 2.87 bits per heavy atom. The van der Waals surface area contributed by atoms with Crippen molar-refractivity contribution in [1.82, 2.24) is 15.6 Å². The van der Waals surface area contributed by atoms with Crippen LogP contribution in [0.15, 0.2) is 44.9 Å². The zero-order chi connectivity index (χ0) is 15.8. The summed E-state index contributed by atoms with van der Waals surface area (Å²) in [5.41, 5.74) is 0. The molecule has 3 atom stereocenters. The molecule has 2 aliphatic heterocycles. The molecule has 7 heteroatoms. The van der Waals surface area contributed by atoms with E-state index in [1.165, 1.54) is 18.2 Å². The molecule has 2 aliphatic rings. The Bertz CT molecular complexity index is 718. The molecule has 3 unspecified atom stereocenters. The molecular formula is C16H16ClN3O2S. The van der Waals surface area contributed by atoms with E-state index in [4.69, 9.17) is 16.0 Å². The first-order valence-electron chi connectivity index (χ1n) is 7.63. The molecule has 1 aromatic heterocycles. The lowest BCUT2D eigenvalue weighted by atomic mass is 9.95. The van der Waals surface area contributed by atoms with Gasteiger partial charge < -0.3 is 15.1 Å². The van der Waals surface area contributed by atoms with Crippen LogP contribution in [0.4, 0.5) is 0 Å². The first kappa shape index (κ1) is 15.1. The zero-order valence-electron chi connectivity index (χ0n) is 12.3. The van der Waals surface area contributed by atoms with E-state index in [-0.39, 0.29) is 17.8 Å². The number of benzene rings is 1. The van der Waals surface area contributed by atoms with E-state index >= 15 is 0 Å². The van der Waals surface area contributed by atoms with Crippen molar-refractivity contribution < 1.29 is 9.21 Å². The number of nitrogens with one attached hydrogen (secondary N) is 2. The highest BCUT2D eigenvalue weighted by atomic mass is 35.5. The third-order valence-corrected chi connectivity index (χ3v) is 5.48. The molecule has 2 fully saturated rings. The fraction of sp³-hybridized carbons (Fsp3) is 0.375. The standard InChI is InChI=1S/C16H16ClN3O2S/c17-9-1-4-11(5-2-9)23-14-8-18-16(22-14)15(21)20-13-7-10-3-6-12(13)19-10/h1-2,4-5,8,10,12-13,19H,3,6-7H2,(H,20,21). The molecule has 4 rings (SSSR count). The van der Waals surface area contributed by atoms with Gasteiger partial charge in [-0.1, -0.05) is 23.4 Å². The monoisotopic (exact) mass is 349 g/mol. The second-order valence-electron chi connectivity index (χ2n) is 5.90. The fourth-order valence-electron chi connectivity index (χ4n) is 3.24. The Morgan fingerprint density at radius 2 is 2.17 bits per heavy atom. The summed E-state index contributed by atoms with van der Waals surface area (Å²) >= 11 is 7.27. The normalized spacial score (nSPS) is 25.7. The van der Waals surface area contributed by atoms with Gasteiger partial charge in [0.25, 0.3) is 5.89 Å². The molecule has 1 amide bonds. The number of fused-ring (bicyclic) bond motifs is 2. The fourth-order valence-corrected chi connectivity index (χ4v) is 4.10. The molecule has 23 heavy (non-hydrogen) atoms. The maximum atomic E-state index is 12.3. The Kier molecular flexibility index (Phi) is 4.05. The second-order valence-corrected chi connectivity index (χ2v) is 7.42. The number of hydrogen-bond acceptors (Lipinski definition) is 5. The number of halogens is 1. The van der Waals surface area contributed by atoms with Crippen molar-refractivity contribution in [2.24, 2.45) is 0 Å². The van der Waals surface area contributed by atoms with Gasteiger partial charge >= 0.3 is 5.91 Å². The minimum atomic E-state index is -0.243.